The Hall–Kier alpha value is -2.71. The topological polar surface area (TPSA) is 57.7 Å². The van der Waals surface area contributed by atoms with Crippen molar-refractivity contribution in [3.05, 3.63) is 53.8 Å². The number of nitrogens with zero attached hydrogens (tertiary/aromatic N) is 3. The smallest absolute Gasteiger partial charge is 0.251 e. The molecule has 0 bridgehead atoms. The van der Waals surface area contributed by atoms with Crippen LogP contribution in [0.15, 0.2) is 42.5 Å². The van der Waals surface area contributed by atoms with Gasteiger partial charge in [0.1, 0.15) is 11.6 Å². The predicted octanol–water partition coefficient (Wildman–Crippen LogP) is 4.56. The first kappa shape index (κ1) is 23.4. The number of nitrogens with one attached hydrogen (secondary N) is 1. The molecule has 3 aromatic rings. The van der Waals surface area contributed by atoms with Gasteiger partial charge in [-0.3, -0.25) is 9.69 Å². The van der Waals surface area contributed by atoms with E-state index in [1.807, 2.05) is 24.3 Å². The number of ether oxygens (including phenoxy) is 1. The van der Waals surface area contributed by atoms with Crippen molar-refractivity contribution in [2.75, 3.05) is 50.8 Å². The fourth-order valence-corrected chi connectivity index (χ4v) is 4.93. The van der Waals surface area contributed by atoms with Gasteiger partial charge in [-0.1, -0.05) is 37.2 Å². The SMILES string of the molecule is CCCCCOc1cccc(C(=O)NCCN2CCN(c3nc4ccc(F)cc4s3)CC2)c1. The summed E-state index contributed by atoms with van der Waals surface area (Å²) >= 11 is 1.54. The van der Waals surface area contributed by atoms with Crippen molar-refractivity contribution in [2.24, 2.45) is 0 Å². The second-order valence-corrected chi connectivity index (χ2v) is 9.29. The Morgan fingerprint density at radius 3 is 2.82 bits per heavy atom. The fourth-order valence-electron chi connectivity index (χ4n) is 3.88. The Kier molecular flexibility index (Phi) is 8.12. The van der Waals surface area contributed by atoms with E-state index in [0.29, 0.717) is 18.7 Å². The monoisotopic (exact) mass is 470 g/mol. The largest absolute Gasteiger partial charge is 0.494 e. The highest BCUT2D eigenvalue weighted by Crippen LogP contribution is 2.29. The average Bonchev–Trinajstić information content (AvgIpc) is 3.25. The molecule has 6 nitrogen and oxygen atoms in total. The first-order valence-corrected chi connectivity index (χ1v) is 12.5. The second kappa shape index (κ2) is 11.4. The maximum Gasteiger partial charge on any atom is 0.251 e. The van der Waals surface area contributed by atoms with Gasteiger partial charge >= 0.3 is 0 Å². The zero-order valence-electron chi connectivity index (χ0n) is 19.1. The van der Waals surface area contributed by atoms with E-state index in [1.165, 1.54) is 17.4 Å². The normalized spacial score (nSPS) is 14.5. The van der Waals surface area contributed by atoms with Crippen molar-refractivity contribution in [1.82, 2.24) is 15.2 Å². The van der Waals surface area contributed by atoms with Crippen LogP contribution in [0.4, 0.5) is 9.52 Å². The minimum Gasteiger partial charge on any atom is -0.494 e. The molecule has 0 spiro atoms. The third-order valence-electron chi connectivity index (χ3n) is 5.81. The summed E-state index contributed by atoms with van der Waals surface area (Å²) in [6.45, 7) is 7.79. The summed E-state index contributed by atoms with van der Waals surface area (Å²) in [5, 5.41) is 3.96. The molecule has 33 heavy (non-hydrogen) atoms. The summed E-state index contributed by atoms with van der Waals surface area (Å²) in [4.78, 5) is 21.8. The number of fused-ring (bicyclic) bond motifs is 1. The van der Waals surface area contributed by atoms with E-state index in [1.54, 1.807) is 12.1 Å². The number of rotatable bonds is 10. The van der Waals surface area contributed by atoms with E-state index in [9.17, 15) is 9.18 Å². The summed E-state index contributed by atoms with van der Waals surface area (Å²) in [7, 11) is 0. The summed E-state index contributed by atoms with van der Waals surface area (Å²) in [6.07, 6.45) is 3.33. The molecular weight excluding hydrogens is 439 g/mol. The number of hydrogen-bond donors (Lipinski definition) is 1. The van der Waals surface area contributed by atoms with Gasteiger partial charge in [-0.2, -0.15) is 0 Å². The van der Waals surface area contributed by atoms with E-state index in [2.05, 4.69) is 27.0 Å². The highest BCUT2D eigenvalue weighted by molar-refractivity contribution is 7.22. The van der Waals surface area contributed by atoms with Gasteiger partial charge in [0, 0.05) is 44.8 Å². The molecule has 1 amide bonds. The highest BCUT2D eigenvalue weighted by atomic mass is 32.1. The van der Waals surface area contributed by atoms with Gasteiger partial charge in [0.15, 0.2) is 5.13 Å². The molecule has 1 aliphatic rings. The molecule has 0 radical (unpaired) electrons. The third kappa shape index (κ3) is 6.42. The minimum atomic E-state index is -0.226. The quantitative estimate of drug-likeness (QED) is 0.441. The summed E-state index contributed by atoms with van der Waals surface area (Å²) in [5.41, 5.74) is 1.47. The van der Waals surface area contributed by atoms with Crippen molar-refractivity contribution >= 4 is 32.6 Å². The molecule has 0 atom stereocenters. The van der Waals surface area contributed by atoms with Gasteiger partial charge < -0.3 is 15.0 Å². The van der Waals surface area contributed by atoms with Gasteiger partial charge in [0.2, 0.25) is 0 Å². The number of halogens is 1. The Morgan fingerprint density at radius 2 is 2.00 bits per heavy atom. The fraction of sp³-hybridized carbons (Fsp3) is 0.440. The van der Waals surface area contributed by atoms with Crippen LogP contribution >= 0.6 is 11.3 Å². The van der Waals surface area contributed by atoms with Crippen LogP contribution < -0.4 is 15.0 Å². The molecule has 1 saturated heterocycles. The Labute approximate surface area is 198 Å². The van der Waals surface area contributed by atoms with Gasteiger partial charge in [-0.05, 0) is 42.8 Å². The zero-order valence-corrected chi connectivity index (χ0v) is 19.9. The number of benzene rings is 2. The standard InChI is InChI=1S/C25H31FN4O2S/c1-2-3-4-16-32-21-7-5-6-19(17-21)24(31)27-10-11-29-12-14-30(15-13-29)25-28-22-9-8-20(26)18-23(22)33-25/h5-9,17-18H,2-4,10-16H2,1H3,(H,27,31). The van der Waals surface area contributed by atoms with E-state index >= 15 is 0 Å². The van der Waals surface area contributed by atoms with Gasteiger partial charge in [0.05, 0.1) is 16.8 Å². The van der Waals surface area contributed by atoms with Crippen LogP contribution in [0.3, 0.4) is 0 Å². The number of aromatic nitrogens is 1. The third-order valence-corrected chi connectivity index (χ3v) is 6.89. The van der Waals surface area contributed by atoms with E-state index in [4.69, 9.17) is 4.74 Å². The van der Waals surface area contributed by atoms with Crippen molar-refractivity contribution in [3.63, 3.8) is 0 Å². The number of carbonyl (C=O) groups excluding carboxylic acids is 1. The maximum absolute atomic E-state index is 13.4. The maximum atomic E-state index is 13.4. The number of piperazine rings is 1. The molecule has 176 valence electrons. The van der Waals surface area contributed by atoms with Crippen LogP contribution in [0.2, 0.25) is 0 Å². The predicted molar refractivity (Wildman–Crippen MR) is 132 cm³/mol. The van der Waals surface area contributed by atoms with E-state index in [-0.39, 0.29) is 11.7 Å². The lowest BCUT2D eigenvalue weighted by Gasteiger charge is -2.34. The average molecular weight is 471 g/mol. The lowest BCUT2D eigenvalue weighted by molar-refractivity contribution is 0.0947. The van der Waals surface area contributed by atoms with Crippen LogP contribution in [0.1, 0.15) is 36.5 Å². The molecule has 4 rings (SSSR count). The van der Waals surface area contributed by atoms with Crippen LogP contribution in [0.25, 0.3) is 10.2 Å². The number of amides is 1. The summed E-state index contributed by atoms with van der Waals surface area (Å²) in [5.74, 6) is 0.442. The molecule has 0 saturated carbocycles. The summed E-state index contributed by atoms with van der Waals surface area (Å²) in [6, 6.07) is 12.1. The lowest BCUT2D eigenvalue weighted by Crippen LogP contribution is -2.48. The number of carbonyl (C=O) groups is 1. The molecule has 0 unspecified atom stereocenters. The van der Waals surface area contributed by atoms with E-state index < -0.39 is 0 Å². The Balaban J connectivity index is 1.19. The van der Waals surface area contributed by atoms with Gasteiger partial charge in [0.25, 0.3) is 5.91 Å². The summed E-state index contributed by atoms with van der Waals surface area (Å²) < 4.78 is 20.1. The molecular formula is C25H31FN4O2S. The lowest BCUT2D eigenvalue weighted by atomic mass is 10.2. The van der Waals surface area contributed by atoms with Crippen molar-refractivity contribution in [3.8, 4) is 5.75 Å². The molecule has 1 aromatic heterocycles. The van der Waals surface area contributed by atoms with Crippen LogP contribution in [0.5, 0.6) is 5.75 Å². The number of hydrogen-bond acceptors (Lipinski definition) is 6. The molecule has 8 heteroatoms. The van der Waals surface area contributed by atoms with Crippen LogP contribution in [0, 0.1) is 5.82 Å². The Morgan fingerprint density at radius 1 is 1.15 bits per heavy atom. The first-order valence-electron chi connectivity index (χ1n) is 11.7. The van der Waals surface area contributed by atoms with Crippen molar-refractivity contribution in [2.45, 2.75) is 26.2 Å². The van der Waals surface area contributed by atoms with Crippen LogP contribution in [-0.2, 0) is 0 Å². The molecule has 1 fully saturated rings. The first-order chi connectivity index (χ1) is 16.1. The van der Waals surface area contributed by atoms with Crippen molar-refractivity contribution < 1.29 is 13.9 Å². The molecule has 1 aliphatic heterocycles. The molecule has 2 heterocycles. The number of unbranched alkanes of at least 4 members (excludes halogenated alkanes) is 2. The van der Waals surface area contributed by atoms with Gasteiger partial charge in [-0.25, -0.2) is 9.37 Å². The minimum absolute atomic E-state index is 0.0747. The highest BCUT2D eigenvalue weighted by Gasteiger charge is 2.20. The van der Waals surface area contributed by atoms with Gasteiger partial charge in [-0.15, -0.1) is 0 Å². The van der Waals surface area contributed by atoms with Crippen molar-refractivity contribution in [1.29, 1.82) is 0 Å². The van der Waals surface area contributed by atoms with E-state index in [0.717, 1.165) is 73.1 Å². The zero-order chi connectivity index (χ0) is 23.0. The second-order valence-electron chi connectivity index (χ2n) is 8.28. The number of anilines is 1. The van der Waals surface area contributed by atoms with Crippen LogP contribution in [-0.4, -0.2) is 61.7 Å². The Bertz CT molecular complexity index is 1070. The molecule has 1 N–H and O–H groups in total. The molecule has 0 aliphatic carbocycles. The molecule has 2 aromatic carbocycles. The number of thiazole rings is 1.